The molecule has 3 aliphatic rings. The summed E-state index contributed by atoms with van der Waals surface area (Å²) in [6, 6.07) is 2.32. The third kappa shape index (κ3) is 1.94. The Labute approximate surface area is 103 Å². The van der Waals surface area contributed by atoms with E-state index in [1.165, 1.54) is 25.7 Å². The van der Waals surface area contributed by atoms with E-state index < -0.39 is 0 Å². The summed E-state index contributed by atoms with van der Waals surface area (Å²) >= 11 is 0. The third-order valence-corrected chi connectivity index (χ3v) is 4.86. The summed E-state index contributed by atoms with van der Waals surface area (Å²) in [5.41, 5.74) is 0. The van der Waals surface area contributed by atoms with Gasteiger partial charge in [0.05, 0.1) is 12.0 Å². The van der Waals surface area contributed by atoms with Gasteiger partial charge in [-0.05, 0) is 37.5 Å². The van der Waals surface area contributed by atoms with Crippen LogP contribution in [0.5, 0.6) is 0 Å². The minimum absolute atomic E-state index is 0.0773. The van der Waals surface area contributed by atoms with Crippen LogP contribution in [0.2, 0.25) is 0 Å². The van der Waals surface area contributed by atoms with E-state index in [2.05, 4.69) is 6.07 Å². The number of nitriles is 1. The van der Waals surface area contributed by atoms with E-state index in [0.29, 0.717) is 30.2 Å². The van der Waals surface area contributed by atoms with E-state index in [4.69, 9.17) is 5.26 Å². The Balaban J connectivity index is 1.61. The molecule has 1 saturated heterocycles. The van der Waals surface area contributed by atoms with Gasteiger partial charge in [0.2, 0.25) is 5.91 Å². The van der Waals surface area contributed by atoms with Gasteiger partial charge < -0.3 is 4.90 Å². The van der Waals surface area contributed by atoms with Crippen molar-refractivity contribution >= 4 is 5.91 Å². The summed E-state index contributed by atoms with van der Waals surface area (Å²) in [6.45, 7) is 1.57. The second-order valence-electron chi connectivity index (χ2n) is 5.89. The predicted octanol–water partition coefficient (Wildman–Crippen LogP) is 2.18. The highest BCUT2D eigenvalue weighted by Gasteiger charge is 2.55. The van der Waals surface area contributed by atoms with E-state index >= 15 is 0 Å². The minimum Gasteiger partial charge on any atom is -0.341 e. The number of fused-ring (bicyclic) bond motifs is 1. The molecule has 17 heavy (non-hydrogen) atoms. The second-order valence-corrected chi connectivity index (χ2v) is 5.89. The molecule has 0 radical (unpaired) electrons. The smallest absolute Gasteiger partial charge is 0.226 e. The Hall–Kier alpha value is -1.04. The van der Waals surface area contributed by atoms with Crippen LogP contribution in [-0.2, 0) is 4.79 Å². The summed E-state index contributed by atoms with van der Waals surface area (Å²) in [7, 11) is 0. The Morgan fingerprint density at radius 2 is 1.82 bits per heavy atom. The molecule has 3 heteroatoms. The van der Waals surface area contributed by atoms with Gasteiger partial charge in [-0.1, -0.05) is 12.8 Å². The van der Waals surface area contributed by atoms with Gasteiger partial charge in [-0.15, -0.1) is 0 Å². The lowest BCUT2D eigenvalue weighted by Crippen LogP contribution is -2.40. The molecule has 3 unspecified atom stereocenters. The highest BCUT2D eigenvalue weighted by atomic mass is 16.2. The molecule has 3 nitrogen and oxygen atoms in total. The van der Waals surface area contributed by atoms with E-state index in [1.54, 1.807) is 0 Å². The maximum Gasteiger partial charge on any atom is 0.226 e. The van der Waals surface area contributed by atoms with Crippen LogP contribution in [-0.4, -0.2) is 23.9 Å². The fourth-order valence-electron chi connectivity index (χ4n) is 3.85. The van der Waals surface area contributed by atoms with Crippen molar-refractivity contribution in [1.82, 2.24) is 4.90 Å². The number of rotatable bonds is 1. The number of hydrogen-bond donors (Lipinski definition) is 0. The summed E-state index contributed by atoms with van der Waals surface area (Å²) in [5.74, 6) is 2.16. The topological polar surface area (TPSA) is 44.1 Å². The molecule has 0 aromatic rings. The van der Waals surface area contributed by atoms with Gasteiger partial charge in [-0.25, -0.2) is 0 Å². The first kappa shape index (κ1) is 11.1. The lowest BCUT2D eigenvalue weighted by Gasteiger charge is -2.30. The van der Waals surface area contributed by atoms with Gasteiger partial charge in [-0.3, -0.25) is 4.79 Å². The quantitative estimate of drug-likeness (QED) is 0.695. The molecule has 2 saturated carbocycles. The van der Waals surface area contributed by atoms with Crippen LogP contribution in [0.15, 0.2) is 0 Å². The maximum atomic E-state index is 12.4. The molecular formula is C14H20N2O. The number of likely N-dealkylation sites (tertiary alicyclic amines) is 1. The number of carbonyl (C=O) groups is 1. The van der Waals surface area contributed by atoms with Crippen molar-refractivity contribution in [2.24, 2.45) is 23.7 Å². The molecule has 1 heterocycles. The van der Waals surface area contributed by atoms with Crippen molar-refractivity contribution in [2.75, 3.05) is 13.1 Å². The van der Waals surface area contributed by atoms with Crippen LogP contribution < -0.4 is 0 Å². The fourth-order valence-corrected chi connectivity index (χ4v) is 3.85. The number of piperidine rings is 1. The standard InChI is InChI=1S/C14H20N2O/c15-8-10-4-3-7-16(9-10)14(17)13-11-5-1-2-6-12(11)13/h10-13H,1-7,9H2. The van der Waals surface area contributed by atoms with Crippen LogP contribution in [0.1, 0.15) is 38.5 Å². The molecule has 1 amide bonds. The average molecular weight is 232 g/mol. The second kappa shape index (κ2) is 4.33. The number of carbonyl (C=O) groups excluding carboxylic acids is 1. The number of nitrogens with zero attached hydrogens (tertiary/aromatic N) is 2. The third-order valence-electron chi connectivity index (χ3n) is 4.86. The maximum absolute atomic E-state index is 12.4. The molecule has 0 N–H and O–H groups in total. The predicted molar refractivity (Wildman–Crippen MR) is 63.9 cm³/mol. The Morgan fingerprint density at radius 1 is 1.12 bits per heavy atom. The van der Waals surface area contributed by atoms with Crippen molar-refractivity contribution in [3.8, 4) is 6.07 Å². The highest BCUT2D eigenvalue weighted by molar-refractivity contribution is 5.82. The van der Waals surface area contributed by atoms with E-state index in [1.807, 2.05) is 4.90 Å². The van der Waals surface area contributed by atoms with E-state index in [0.717, 1.165) is 19.4 Å². The monoisotopic (exact) mass is 232 g/mol. The van der Waals surface area contributed by atoms with Crippen molar-refractivity contribution in [2.45, 2.75) is 38.5 Å². The van der Waals surface area contributed by atoms with E-state index in [-0.39, 0.29) is 5.92 Å². The van der Waals surface area contributed by atoms with Gasteiger partial charge in [0.25, 0.3) is 0 Å². The van der Waals surface area contributed by atoms with Gasteiger partial charge in [0, 0.05) is 19.0 Å². The van der Waals surface area contributed by atoms with Crippen molar-refractivity contribution in [3.05, 3.63) is 0 Å². The van der Waals surface area contributed by atoms with Crippen LogP contribution in [0.3, 0.4) is 0 Å². The summed E-state index contributed by atoms with van der Waals surface area (Å²) in [5, 5.41) is 8.96. The van der Waals surface area contributed by atoms with Gasteiger partial charge in [0.15, 0.2) is 0 Å². The minimum atomic E-state index is 0.0773. The molecule has 3 rings (SSSR count). The summed E-state index contributed by atoms with van der Waals surface area (Å²) in [4.78, 5) is 14.4. The zero-order valence-corrected chi connectivity index (χ0v) is 10.3. The molecule has 3 atom stereocenters. The number of hydrogen-bond acceptors (Lipinski definition) is 2. The van der Waals surface area contributed by atoms with Crippen LogP contribution in [0, 0.1) is 35.0 Å². The van der Waals surface area contributed by atoms with Crippen molar-refractivity contribution < 1.29 is 4.79 Å². The molecule has 2 aliphatic carbocycles. The van der Waals surface area contributed by atoms with Crippen molar-refractivity contribution in [1.29, 1.82) is 5.26 Å². The van der Waals surface area contributed by atoms with Gasteiger partial charge in [-0.2, -0.15) is 5.26 Å². The molecule has 92 valence electrons. The van der Waals surface area contributed by atoms with Crippen LogP contribution in [0.25, 0.3) is 0 Å². The molecule has 0 spiro atoms. The molecular weight excluding hydrogens is 212 g/mol. The largest absolute Gasteiger partial charge is 0.341 e. The van der Waals surface area contributed by atoms with Gasteiger partial charge >= 0.3 is 0 Å². The first-order valence-corrected chi connectivity index (χ1v) is 6.99. The zero-order chi connectivity index (χ0) is 11.8. The Morgan fingerprint density at radius 3 is 2.47 bits per heavy atom. The Bertz CT molecular complexity index is 348. The fraction of sp³-hybridized carbons (Fsp3) is 0.857. The number of amides is 1. The van der Waals surface area contributed by atoms with E-state index in [9.17, 15) is 4.79 Å². The lowest BCUT2D eigenvalue weighted by molar-refractivity contribution is -0.134. The van der Waals surface area contributed by atoms with Crippen LogP contribution >= 0.6 is 0 Å². The highest BCUT2D eigenvalue weighted by Crippen LogP contribution is 2.56. The summed E-state index contributed by atoms with van der Waals surface area (Å²) in [6.07, 6.45) is 7.12. The Kier molecular flexibility index (Phi) is 2.82. The molecule has 3 fully saturated rings. The molecule has 0 bridgehead atoms. The normalized spacial score (nSPS) is 40.3. The zero-order valence-electron chi connectivity index (χ0n) is 10.3. The first-order valence-electron chi connectivity index (χ1n) is 6.99. The lowest BCUT2D eigenvalue weighted by atomic mass is 9.99. The van der Waals surface area contributed by atoms with Crippen LogP contribution in [0.4, 0.5) is 0 Å². The molecule has 0 aromatic heterocycles. The summed E-state index contributed by atoms with van der Waals surface area (Å²) < 4.78 is 0. The molecule has 0 aromatic carbocycles. The SMILES string of the molecule is N#CC1CCCN(C(=O)C2C3CCCCC32)C1. The molecule has 1 aliphatic heterocycles. The van der Waals surface area contributed by atoms with Gasteiger partial charge in [0.1, 0.15) is 0 Å². The average Bonchev–Trinajstić information content (AvgIpc) is 3.12. The van der Waals surface area contributed by atoms with Crippen molar-refractivity contribution in [3.63, 3.8) is 0 Å². The first-order chi connectivity index (χ1) is 8.31.